The minimum Gasteiger partial charge on any atom is -0.436 e. The minimum absolute atomic E-state index is 0.0810. The number of unbranched alkanes of at least 4 members (excludes halogenated alkanes) is 1. The summed E-state index contributed by atoms with van der Waals surface area (Å²) < 4.78 is 137. The van der Waals surface area contributed by atoms with Crippen LogP contribution < -0.4 is 43.4 Å². The van der Waals surface area contributed by atoms with Crippen molar-refractivity contribution in [1.82, 2.24) is 26.6 Å². The molecule has 0 heterocycles. The van der Waals surface area contributed by atoms with Gasteiger partial charge in [-0.15, -0.1) is 0 Å². The number of amides is 8. The summed E-state index contributed by atoms with van der Waals surface area (Å²) in [6, 6.07) is 3.56. The zero-order valence-electron chi connectivity index (χ0n) is 70.8. The molecular formula is C78H144N8O33. The van der Waals surface area contributed by atoms with E-state index in [0.717, 1.165) is 0 Å². The molecule has 0 saturated heterocycles. The standard InChI is InChI=1S/C78H144N8O33/c1-66(2)73(76(92)85-69(7-6-16-83-77(79)93)74(90)84-68-11-9-67(65-87)10-12-68)86-72(89)13-17-82-75(91)70(119-78(80)94)8-4-5-15-81-71(88)14-18-96-21-22-98-25-26-100-29-30-102-33-34-104-37-38-106-41-42-108-45-46-110-49-50-112-53-54-114-57-58-116-61-62-118-64-63-117-60-59-115-56-55-113-52-51-111-48-47-109-44-43-107-40-39-105-36-35-103-32-31-101-28-27-99-24-23-97-20-19-95-3/h9-12,66,69-70,73,87H,4-8,13-65H2,1-3H3,(H2,80,94)(H,81,88)(H,82,91)(H,84,90)(H,85,92)(H,86,89)(H3,79,83,93)/t69-,70-,73-/m0/s1. The van der Waals surface area contributed by atoms with Crippen LogP contribution in [-0.4, -0.2) is 402 Å². The Morgan fingerprint density at radius 3 is 0.933 bits per heavy atom. The highest BCUT2D eigenvalue weighted by Gasteiger charge is 2.30. The molecular weight excluding hydrogens is 1580 g/mol. The van der Waals surface area contributed by atoms with Crippen molar-refractivity contribution in [3.8, 4) is 0 Å². The molecule has 1 rings (SSSR count). The average Bonchev–Trinajstić information content (AvgIpc) is 0.864. The summed E-state index contributed by atoms with van der Waals surface area (Å²) in [7, 11) is 1.64. The Morgan fingerprint density at radius 2 is 0.639 bits per heavy atom. The van der Waals surface area contributed by atoms with Gasteiger partial charge < -0.3 is 167 Å². The molecule has 0 aromatic heterocycles. The monoisotopic (exact) mass is 1720 g/mol. The van der Waals surface area contributed by atoms with Crippen LogP contribution in [0.4, 0.5) is 15.3 Å². The van der Waals surface area contributed by atoms with Crippen LogP contribution in [0, 0.1) is 5.92 Å². The van der Waals surface area contributed by atoms with Crippen LogP contribution in [0.3, 0.4) is 0 Å². The van der Waals surface area contributed by atoms with E-state index in [-0.39, 0.29) is 77.5 Å². The molecule has 119 heavy (non-hydrogen) atoms. The summed E-state index contributed by atoms with van der Waals surface area (Å²) in [5.74, 6) is -3.13. The largest absolute Gasteiger partial charge is 0.436 e. The lowest BCUT2D eigenvalue weighted by molar-refractivity contribution is -0.132. The van der Waals surface area contributed by atoms with Crippen molar-refractivity contribution < 1.29 is 157 Å². The van der Waals surface area contributed by atoms with Crippen LogP contribution in [0.2, 0.25) is 0 Å². The predicted octanol–water partition coefficient (Wildman–Crippen LogP) is -0.134. The average molecular weight is 1720 g/mol. The second-order valence-corrected chi connectivity index (χ2v) is 25.8. The molecule has 1 aromatic carbocycles. The van der Waals surface area contributed by atoms with Crippen molar-refractivity contribution in [2.24, 2.45) is 17.4 Å². The van der Waals surface area contributed by atoms with Gasteiger partial charge in [0.2, 0.25) is 23.6 Å². The number of hydrogen-bond donors (Lipinski definition) is 9. The van der Waals surface area contributed by atoms with Gasteiger partial charge in [-0.2, -0.15) is 0 Å². The normalized spacial score (nSPS) is 12.2. The summed E-state index contributed by atoms with van der Waals surface area (Å²) in [5, 5.41) is 25.2. The number of aliphatic hydroxyl groups excluding tert-OH is 1. The number of nitrogens with two attached hydrogens (primary N) is 2. The first-order chi connectivity index (χ1) is 58.3. The number of urea groups is 1. The molecule has 0 fully saturated rings. The van der Waals surface area contributed by atoms with Crippen LogP contribution in [-0.2, 0) is 149 Å². The highest BCUT2D eigenvalue weighted by atomic mass is 16.6. The van der Waals surface area contributed by atoms with Crippen molar-refractivity contribution in [3.63, 3.8) is 0 Å². The van der Waals surface area contributed by atoms with Gasteiger partial charge in [0.25, 0.3) is 5.91 Å². The van der Waals surface area contributed by atoms with E-state index < -0.39 is 59.9 Å². The third kappa shape index (κ3) is 77.9. The Labute approximate surface area is 701 Å². The maximum Gasteiger partial charge on any atom is 0.405 e. The number of primary amides is 2. The van der Waals surface area contributed by atoms with Crippen LogP contribution in [0.5, 0.6) is 0 Å². The van der Waals surface area contributed by atoms with E-state index in [1.807, 2.05) is 0 Å². The third-order valence-electron chi connectivity index (χ3n) is 15.8. The molecule has 0 aliphatic rings. The number of anilines is 1. The topological polar surface area (TPSA) is 495 Å². The summed E-state index contributed by atoms with van der Waals surface area (Å²) in [4.78, 5) is 88.0. The number of carbonyl (C=O) groups excluding carboxylic acids is 7. The lowest BCUT2D eigenvalue weighted by Gasteiger charge is -2.25. The minimum atomic E-state index is -1.26. The third-order valence-corrected chi connectivity index (χ3v) is 15.8. The molecule has 0 unspecified atom stereocenters. The van der Waals surface area contributed by atoms with Crippen LogP contribution >= 0.6 is 0 Å². The van der Waals surface area contributed by atoms with Gasteiger partial charge in [0, 0.05) is 45.3 Å². The maximum atomic E-state index is 13.5. The molecule has 0 radical (unpaired) electrons. The molecule has 0 aliphatic heterocycles. The van der Waals surface area contributed by atoms with E-state index in [1.54, 1.807) is 45.2 Å². The molecule has 0 bridgehead atoms. The van der Waals surface area contributed by atoms with Crippen molar-refractivity contribution in [1.29, 1.82) is 0 Å². The highest BCUT2D eigenvalue weighted by Crippen LogP contribution is 2.13. The molecule has 41 heteroatoms. The molecule has 0 aliphatic carbocycles. The molecule has 1 aromatic rings. The molecule has 41 nitrogen and oxygen atoms in total. The molecule has 0 spiro atoms. The predicted molar refractivity (Wildman–Crippen MR) is 431 cm³/mol. The van der Waals surface area contributed by atoms with Crippen LogP contribution in [0.25, 0.3) is 0 Å². The molecule has 694 valence electrons. The van der Waals surface area contributed by atoms with Crippen molar-refractivity contribution in [2.45, 2.75) is 83.6 Å². The summed E-state index contributed by atoms with van der Waals surface area (Å²) in [6.07, 6.45) is -1.27. The van der Waals surface area contributed by atoms with E-state index in [2.05, 4.69) is 31.9 Å². The van der Waals surface area contributed by atoms with Gasteiger partial charge in [0.15, 0.2) is 6.10 Å². The van der Waals surface area contributed by atoms with E-state index in [1.165, 1.54) is 0 Å². The lowest BCUT2D eigenvalue weighted by Crippen LogP contribution is -2.54. The quantitative estimate of drug-likeness (QED) is 0.0384. The smallest absolute Gasteiger partial charge is 0.405 e. The number of benzene rings is 1. The number of rotatable bonds is 93. The molecule has 8 amide bonds. The Balaban J connectivity index is 1.82. The molecule has 0 saturated carbocycles. The van der Waals surface area contributed by atoms with E-state index in [9.17, 15) is 38.7 Å². The van der Waals surface area contributed by atoms with E-state index in [4.69, 9.17) is 130 Å². The zero-order valence-corrected chi connectivity index (χ0v) is 70.8. The van der Waals surface area contributed by atoms with Gasteiger partial charge in [-0.1, -0.05) is 26.0 Å². The summed E-state index contributed by atoms with van der Waals surface area (Å²) in [6.45, 7) is 24.8. The first-order valence-corrected chi connectivity index (χ1v) is 41.2. The molecule has 11 N–H and O–H groups in total. The van der Waals surface area contributed by atoms with Gasteiger partial charge in [0.05, 0.1) is 317 Å². The van der Waals surface area contributed by atoms with Gasteiger partial charge in [-0.05, 0) is 55.7 Å². The number of ether oxygens (including phenoxy) is 25. The number of hydrogen-bond acceptors (Lipinski definition) is 33. The first kappa shape index (κ1) is 111. The van der Waals surface area contributed by atoms with Crippen molar-refractivity contribution in [2.75, 3.05) is 343 Å². The van der Waals surface area contributed by atoms with E-state index >= 15 is 0 Å². The fraction of sp³-hybridized carbons (Fsp3) is 0.833. The van der Waals surface area contributed by atoms with Crippen LogP contribution in [0.1, 0.15) is 64.4 Å². The number of aliphatic hydroxyl groups is 1. The Morgan fingerprint density at radius 1 is 0.328 bits per heavy atom. The zero-order chi connectivity index (χ0) is 86.3. The highest BCUT2D eigenvalue weighted by molar-refractivity contribution is 5.98. The molecule has 3 atom stereocenters. The SMILES string of the molecule is COCCOCCOCCOCCOCCOCCOCCOCCOCCOCCOCCOCCOCCOCCOCCOCCOCCOCCOCCOCCOCCOCCOCCOCCC(=O)NCCCC[C@H](OC(N)=O)C(=O)NCCC(=O)N[C@H](C(=O)N[C@@H](CCCNC(N)=O)C(=O)Nc1ccc(CO)cc1)C(C)C. The van der Waals surface area contributed by atoms with Crippen LogP contribution in [0.15, 0.2) is 24.3 Å². The van der Waals surface area contributed by atoms with Gasteiger partial charge in [-0.25, -0.2) is 9.59 Å². The Bertz CT molecular complexity index is 2500. The van der Waals surface area contributed by atoms with Gasteiger partial charge >= 0.3 is 12.1 Å². The number of carbonyl (C=O) groups is 7. The fourth-order valence-electron chi connectivity index (χ4n) is 9.57. The second kappa shape index (κ2) is 87.0. The van der Waals surface area contributed by atoms with E-state index in [0.29, 0.717) is 321 Å². The fourth-order valence-corrected chi connectivity index (χ4v) is 9.57. The number of nitrogens with one attached hydrogen (secondary N) is 6. The van der Waals surface area contributed by atoms with Gasteiger partial charge in [0.1, 0.15) is 12.1 Å². The first-order valence-electron chi connectivity index (χ1n) is 41.2. The van der Waals surface area contributed by atoms with Crippen molar-refractivity contribution in [3.05, 3.63) is 29.8 Å². The summed E-state index contributed by atoms with van der Waals surface area (Å²) in [5.41, 5.74) is 11.4. The van der Waals surface area contributed by atoms with Gasteiger partial charge in [-0.3, -0.25) is 24.0 Å². The summed E-state index contributed by atoms with van der Waals surface area (Å²) >= 11 is 0. The Hall–Kier alpha value is -5.89. The number of methoxy groups -OCH3 is 1. The lowest BCUT2D eigenvalue weighted by atomic mass is 10.0. The van der Waals surface area contributed by atoms with Crippen molar-refractivity contribution >= 4 is 47.3 Å². The maximum absolute atomic E-state index is 13.5. The Kier molecular flexibility index (Phi) is 81.3. The second-order valence-electron chi connectivity index (χ2n) is 25.8.